The van der Waals surface area contributed by atoms with E-state index in [4.69, 9.17) is 14.1 Å². The van der Waals surface area contributed by atoms with Crippen LogP contribution in [0.3, 0.4) is 0 Å². The van der Waals surface area contributed by atoms with Gasteiger partial charge in [-0.05, 0) is 36.1 Å². The Balaban J connectivity index is 1.52. The molecule has 2 aromatic carbocycles. The van der Waals surface area contributed by atoms with Crippen LogP contribution in [0, 0.1) is 0 Å². The van der Waals surface area contributed by atoms with E-state index in [9.17, 15) is 8.42 Å². The van der Waals surface area contributed by atoms with Crippen LogP contribution in [-0.4, -0.2) is 24.3 Å². The van der Waals surface area contributed by atoms with Crippen molar-refractivity contribution < 1.29 is 17.6 Å². The summed E-state index contributed by atoms with van der Waals surface area (Å²) >= 11 is 0. The quantitative estimate of drug-likeness (QED) is 0.559. The Labute approximate surface area is 182 Å². The van der Waals surface area contributed by atoms with Gasteiger partial charge in [0, 0.05) is 18.0 Å². The summed E-state index contributed by atoms with van der Waals surface area (Å²) in [6.07, 6.45) is 1.47. The van der Waals surface area contributed by atoms with Gasteiger partial charge in [0.05, 0.1) is 18.1 Å². The number of sulfonamides is 1. The van der Waals surface area contributed by atoms with Gasteiger partial charge in [-0.3, -0.25) is 0 Å². The largest absolute Gasteiger partial charge is 0.443 e. The Hall–Kier alpha value is -2.48. The van der Waals surface area contributed by atoms with Crippen LogP contribution < -0.4 is 0 Å². The maximum atomic E-state index is 13.5. The molecule has 1 atom stereocenters. The fourth-order valence-corrected chi connectivity index (χ4v) is 6.11. The number of ether oxygens (including phenoxy) is 1. The number of nitrogens with zero attached hydrogens (tertiary/aromatic N) is 2. The lowest BCUT2D eigenvalue weighted by molar-refractivity contribution is 0.134. The maximum Gasteiger partial charge on any atom is 0.243 e. The van der Waals surface area contributed by atoms with Crippen molar-refractivity contribution in [1.29, 1.82) is 0 Å². The standard InChI is InChI=1S/C24H26N2O4S/c1-16(2)23-22(17-7-4-3-5-8-17)25-24(30-23)21-9-6-12-26(21)31(27,28)20-11-10-18-14-29-15-19(18)13-20/h3-5,7-8,10-11,13,16,21H,6,9,12,14-15H2,1-2H3/t21-/m1/s1. The van der Waals surface area contributed by atoms with Gasteiger partial charge in [0.1, 0.15) is 17.5 Å². The highest BCUT2D eigenvalue weighted by Gasteiger charge is 2.40. The Morgan fingerprint density at radius 1 is 1.06 bits per heavy atom. The third-order valence-corrected chi connectivity index (χ3v) is 7.93. The van der Waals surface area contributed by atoms with Crippen LogP contribution in [0.15, 0.2) is 57.8 Å². The Morgan fingerprint density at radius 2 is 1.84 bits per heavy atom. The van der Waals surface area contributed by atoms with Crippen molar-refractivity contribution in [3.8, 4) is 11.3 Å². The van der Waals surface area contributed by atoms with E-state index in [0.29, 0.717) is 37.0 Å². The van der Waals surface area contributed by atoms with E-state index in [1.54, 1.807) is 16.4 Å². The van der Waals surface area contributed by atoms with Crippen LogP contribution in [-0.2, 0) is 28.0 Å². The van der Waals surface area contributed by atoms with Crippen molar-refractivity contribution in [3.63, 3.8) is 0 Å². The SMILES string of the molecule is CC(C)c1oc([C@H]2CCCN2S(=O)(=O)c2ccc3c(c2)COC3)nc1-c1ccccc1. The highest BCUT2D eigenvalue weighted by Crippen LogP contribution is 2.40. The first-order valence-electron chi connectivity index (χ1n) is 10.7. The van der Waals surface area contributed by atoms with Crippen molar-refractivity contribution in [1.82, 2.24) is 9.29 Å². The summed E-state index contributed by atoms with van der Waals surface area (Å²) in [6.45, 7) is 5.58. The highest BCUT2D eigenvalue weighted by atomic mass is 32.2. The molecule has 0 saturated carbocycles. The molecule has 0 unspecified atom stereocenters. The monoisotopic (exact) mass is 438 g/mol. The zero-order chi connectivity index (χ0) is 21.6. The van der Waals surface area contributed by atoms with Gasteiger partial charge in [-0.2, -0.15) is 4.31 Å². The zero-order valence-corrected chi connectivity index (χ0v) is 18.6. The van der Waals surface area contributed by atoms with Gasteiger partial charge >= 0.3 is 0 Å². The van der Waals surface area contributed by atoms with Crippen LogP contribution in [0.4, 0.5) is 0 Å². The van der Waals surface area contributed by atoms with Gasteiger partial charge in [-0.1, -0.05) is 50.2 Å². The van der Waals surface area contributed by atoms with Crippen molar-refractivity contribution in [3.05, 3.63) is 71.3 Å². The smallest absolute Gasteiger partial charge is 0.243 e. The molecule has 162 valence electrons. The molecule has 0 N–H and O–H groups in total. The summed E-state index contributed by atoms with van der Waals surface area (Å²) in [5, 5.41) is 0. The molecule has 0 aliphatic carbocycles. The van der Waals surface area contributed by atoms with E-state index in [2.05, 4.69) is 13.8 Å². The molecule has 0 spiro atoms. The molecular formula is C24H26N2O4S. The van der Waals surface area contributed by atoms with Gasteiger partial charge < -0.3 is 9.15 Å². The second-order valence-corrected chi connectivity index (χ2v) is 10.4. The van der Waals surface area contributed by atoms with E-state index < -0.39 is 16.1 Å². The molecule has 0 bridgehead atoms. The topological polar surface area (TPSA) is 72.6 Å². The van der Waals surface area contributed by atoms with E-state index >= 15 is 0 Å². The number of hydrogen-bond acceptors (Lipinski definition) is 5. The highest BCUT2D eigenvalue weighted by molar-refractivity contribution is 7.89. The Bertz CT molecular complexity index is 1200. The lowest BCUT2D eigenvalue weighted by Crippen LogP contribution is -2.31. The van der Waals surface area contributed by atoms with Crippen molar-refractivity contribution in [2.24, 2.45) is 0 Å². The molecule has 31 heavy (non-hydrogen) atoms. The van der Waals surface area contributed by atoms with Gasteiger partial charge in [0.15, 0.2) is 0 Å². The number of benzene rings is 2. The van der Waals surface area contributed by atoms with Gasteiger partial charge in [0.2, 0.25) is 15.9 Å². The molecule has 0 radical (unpaired) electrons. The summed E-state index contributed by atoms with van der Waals surface area (Å²) in [4.78, 5) is 5.11. The summed E-state index contributed by atoms with van der Waals surface area (Å²) in [6, 6.07) is 14.8. The van der Waals surface area contributed by atoms with E-state index in [1.165, 1.54) is 0 Å². The average Bonchev–Trinajstić information content (AvgIpc) is 3.52. The maximum absolute atomic E-state index is 13.5. The Kier molecular flexibility index (Phi) is 5.20. The lowest BCUT2D eigenvalue weighted by atomic mass is 10.0. The zero-order valence-electron chi connectivity index (χ0n) is 17.7. The number of oxazole rings is 1. The number of aromatic nitrogens is 1. The molecule has 5 rings (SSSR count). The lowest BCUT2D eigenvalue weighted by Gasteiger charge is -2.22. The molecule has 3 heterocycles. The molecule has 7 heteroatoms. The fraction of sp³-hybridized carbons (Fsp3) is 0.375. The Morgan fingerprint density at radius 3 is 2.61 bits per heavy atom. The first-order chi connectivity index (χ1) is 14.9. The van der Waals surface area contributed by atoms with Crippen molar-refractivity contribution >= 4 is 10.0 Å². The molecule has 1 saturated heterocycles. The fourth-order valence-electron chi connectivity index (χ4n) is 4.40. The van der Waals surface area contributed by atoms with Crippen LogP contribution in [0.1, 0.15) is 61.4 Å². The summed E-state index contributed by atoms with van der Waals surface area (Å²) < 4.78 is 40.3. The average molecular weight is 439 g/mol. The number of hydrogen-bond donors (Lipinski definition) is 0. The molecular weight excluding hydrogens is 412 g/mol. The third kappa shape index (κ3) is 3.60. The van der Waals surface area contributed by atoms with Crippen molar-refractivity contribution in [2.45, 2.75) is 56.8 Å². The molecule has 2 aliphatic heterocycles. The van der Waals surface area contributed by atoms with Crippen LogP contribution in [0.25, 0.3) is 11.3 Å². The minimum absolute atomic E-state index is 0.139. The van der Waals surface area contributed by atoms with Gasteiger partial charge in [-0.15, -0.1) is 0 Å². The summed E-state index contributed by atoms with van der Waals surface area (Å²) in [5.41, 5.74) is 3.77. The van der Waals surface area contributed by atoms with E-state index in [1.807, 2.05) is 36.4 Å². The first-order valence-corrected chi connectivity index (χ1v) is 12.2. The first kappa shape index (κ1) is 20.4. The second-order valence-electron chi connectivity index (χ2n) is 8.48. The van der Waals surface area contributed by atoms with Gasteiger partial charge in [0.25, 0.3) is 0 Å². The number of rotatable bonds is 5. The molecule has 1 fully saturated rings. The van der Waals surface area contributed by atoms with Crippen LogP contribution in [0.5, 0.6) is 0 Å². The molecule has 2 aliphatic rings. The van der Waals surface area contributed by atoms with Crippen molar-refractivity contribution in [2.75, 3.05) is 6.54 Å². The van der Waals surface area contributed by atoms with E-state index in [0.717, 1.165) is 34.6 Å². The predicted octanol–water partition coefficient (Wildman–Crippen LogP) is 5.02. The van der Waals surface area contributed by atoms with Crippen LogP contribution >= 0.6 is 0 Å². The summed E-state index contributed by atoms with van der Waals surface area (Å²) in [5.74, 6) is 1.41. The third-order valence-electron chi connectivity index (χ3n) is 6.03. The van der Waals surface area contributed by atoms with Crippen LogP contribution in [0.2, 0.25) is 0 Å². The number of fused-ring (bicyclic) bond motifs is 1. The summed E-state index contributed by atoms with van der Waals surface area (Å²) in [7, 11) is -3.67. The molecule has 6 nitrogen and oxygen atoms in total. The molecule has 0 amide bonds. The minimum atomic E-state index is -3.67. The predicted molar refractivity (Wildman–Crippen MR) is 117 cm³/mol. The van der Waals surface area contributed by atoms with Gasteiger partial charge in [-0.25, -0.2) is 13.4 Å². The second kappa shape index (κ2) is 7.89. The van der Waals surface area contributed by atoms with E-state index in [-0.39, 0.29) is 5.92 Å². The molecule has 3 aromatic rings. The molecule has 1 aromatic heterocycles. The normalized spacial score (nSPS) is 19.3. The minimum Gasteiger partial charge on any atom is -0.443 e.